The van der Waals surface area contributed by atoms with Crippen LogP contribution in [0.3, 0.4) is 0 Å². The molecule has 0 aromatic heterocycles. The normalized spacial score (nSPS) is 12.5. The average Bonchev–Trinajstić information content (AvgIpc) is 2.21. The Labute approximate surface area is 106 Å². The molecule has 0 aliphatic rings. The molecule has 0 spiro atoms. The van der Waals surface area contributed by atoms with Crippen molar-refractivity contribution in [3.05, 3.63) is 0 Å². The Hall–Kier alpha value is -0.280. The minimum atomic E-state index is -5.77. The molecule has 0 unspecified atom stereocenters. The van der Waals surface area contributed by atoms with Gasteiger partial charge in [-0.3, -0.25) is 4.55 Å². The molecule has 9 heteroatoms. The molecule has 0 heterocycles. The fourth-order valence-corrected chi connectivity index (χ4v) is 1.57. The maximum absolute atomic E-state index is 12.6. The van der Waals surface area contributed by atoms with Crippen molar-refractivity contribution in [2.75, 3.05) is 11.9 Å². The monoisotopic (exact) mass is 338 g/mol. The van der Waals surface area contributed by atoms with Crippen LogP contribution in [0.4, 0.5) is 8.78 Å². The third-order valence-electron chi connectivity index (χ3n) is 1.82. The molecule has 0 saturated heterocycles. The molecule has 0 aliphatic heterocycles. The van der Waals surface area contributed by atoms with Gasteiger partial charge in [0.2, 0.25) is 0 Å². The van der Waals surface area contributed by atoms with Crippen LogP contribution in [0.2, 0.25) is 0 Å². The second-order valence-corrected chi connectivity index (χ2v) is 5.49. The Balaban J connectivity index is 3.96. The van der Waals surface area contributed by atoms with Gasteiger partial charge in [0.05, 0.1) is 6.61 Å². The Kier molecular flexibility index (Phi) is 7.10. The third-order valence-corrected chi connectivity index (χ3v) is 3.20. The molecule has 0 amide bonds. The van der Waals surface area contributed by atoms with Crippen molar-refractivity contribution in [1.82, 2.24) is 0 Å². The van der Waals surface area contributed by atoms with Gasteiger partial charge in [0, 0.05) is 5.33 Å². The summed E-state index contributed by atoms with van der Waals surface area (Å²) in [4.78, 5) is 10.7. The highest BCUT2D eigenvalue weighted by atomic mass is 79.9. The maximum Gasteiger partial charge on any atom is 0.465 e. The first-order valence-corrected chi connectivity index (χ1v) is 7.37. The van der Waals surface area contributed by atoms with Crippen LogP contribution in [0, 0.1) is 0 Å². The Bertz CT molecular complexity index is 344. The molecule has 0 rings (SSSR count). The fourth-order valence-electron chi connectivity index (χ4n) is 0.904. The molecule has 0 saturated carbocycles. The third kappa shape index (κ3) is 5.73. The molecule has 0 atom stereocenters. The molecule has 17 heavy (non-hydrogen) atoms. The standard InChI is InChI=1S/C8H13BrF2O5S/c9-5-3-1-2-4-6-16-7(12)8(10,11)17(13,14)15/h1-6H2,(H,13,14,15). The summed E-state index contributed by atoms with van der Waals surface area (Å²) < 4.78 is 57.8. The lowest BCUT2D eigenvalue weighted by molar-refractivity contribution is -0.161. The molecule has 0 aromatic carbocycles. The number of hydrogen-bond acceptors (Lipinski definition) is 4. The van der Waals surface area contributed by atoms with E-state index in [0.29, 0.717) is 12.8 Å². The van der Waals surface area contributed by atoms with E-state index in [4.69, 9.17) is 4.55 Å². The van der Waals surface area contributed by atoms with Gasteiger partial charge in [0.1, 0.15) is 0 Å². The predicted molar refractivity (Wildman–Crippen MR) is 59.7 cm³/mol. The SMILES string of the molecule is O=C(OCCCCCCBr)C(F)(F)S(=O)(=O)O. The molecular formula is C8H13BrF2O5S. The van der Waals surface area contributed by atoms with Crippen LogP contribution in [0.25, 0.3) is 0 Å². The van der Waals surface area contributed by atoms with Gasteiger partial charge in [-0.2, -0.15) is 17.2 Å². The molecule has 5 nitrogen and oxygen atoms in total. The van der Waals surface area contributed by atoms with Crippen molar-refractivity contribution in [3.8, 4) is 0 Å². The highest BCUT2D eigenvalue weighted by Gasteiger charge is 2.54. The van der Waals surface area contributed by atoms with E-state index in [9.17, 15) is 22.0 Å². The number of unbranched alkanes of at least 4 members (excludes halogenated alkanes) is 3. The maximum atomic E-state index is 12.6. The molecule has 1 N–H and O–H groups in total. The van der Waals surface area contributed by atoms with Crippen molar-refractivity contribution >= 4 is 32.0 Å². The molecule has 0 bridgehead atoms. The molecule has 0 aromatic rings. The lowest BCUT2D eigenvalue weighted by Gasteiger charge is -2.11. The summed E-state index contributed by atoms with van der Waals surface area (Å²) in [6.45, 7) is -0.299. The second-order valence-electron chi connectivity index (χ2n) is 3.23. The topological polar surface area (TPSA) is 80.7 Å². The zero-order valence-electron chi connectivity index (χ0n) is 8.86. The van der Waals surface area contributed by atoms with Gasteiger partial charge in [-0.1, -0.05) is 28.8 Å². The summed E-state index contributed by atoms with van der Waals surface area (Å²) in [5, 5.41) is -4.07. The Morgan fingerprint density at radius 1 is 1.24 bits per heavy atom. The number of carbonyl (C=O) groups excluding carboxylic acids is 1. The van der Waals surface area contributed by atoms with Gasteiger partial charge in [-0.25, -0.2) is 4.79 Å². The number of esters is 1. The van der Waals surface area contributed by atoms with E-state index >= 15 is 0 Å². The largest absolute Gasteiger partial charge is 0.465 e. The number of rotatable bonds is 8. The number of hydrogen-bond donors (Lipinski definition) is 1. The first-order chi connectivity index (χ1) is 7.73. The number of ether oxygens (including phenoxy) is 1. The first-order valence-electron chi connectivity index (χ1n) is 4.81. The van der Waals surface area contributed by atoms with Crippen molar-refractivity contribution in [1.29, 1.82) is 0 Å². The Morgan fingerprint density at radius 3 is 2.24 bits per heavy atom. The minimum Gasteiger partial charge on any atom is -0.460 e. The molecular weight excluding hydrogens is 326 g/mol. The van der Waals surface area contributed by atoms with Gasteiger partial charge in [0.25, 0.3) is 0 Å². The van der Waals surface area contributed by atoms with E-state index in [1.54, 1.807) is 0 Å². The Morgan fingerprint density at radius 2 is 1.76 bits per heavy atom. The predicted octanol–water partition coefficient (Wildman–Crippen LogP) is 1.97. The van der Waals surface area contributed by atoms with Gasteiger partial charge in [-0.15, -0.1) is 0 Å². The quantitative estimate of drug-likeness (QED) is 0.316. The lowest BCUT2D eigenvalue weighted by atomic mass is 10.2. The van der Waals surface area contributed by atoms with Crippen LogP contribution in [-0.4, -0.2) is 36.1 Å². The molecule has 0 aliphatic carbocycles. The van der Waals surface area contributed by atoms with Crippen LogP contribution in [0.15, 0.2) is 0 Å². The van der Waals surface area contributed by atoms with E-state index in [-0.39, 0.29) is 6.61 Å². The van der Waals surface area contributed by atoms with Crippen molar-refractivity contribution in [2.24, 2.45) is 0 Å². The van der Waals surface area contributed by atoms with Gasteiger partial charge < -0.3 is 4.74 Å². The zero-order valence-corrected chi connectivity index (χ0v) is 11.3. The summed E-state index contributed by atoms with van der Waals surface area (Å²) in [6, 6.07) is 0. The summed E-state index contributed by atoms with van der Waals surface area (Å²) in [5.41, 5.74) is 0. The molecule has 0 radical (unpaired) electrons. The van der Waals surface area contributed by atoms with Crippen molar-refractivity contribution in [3.63, 3.8) is 0 Å². The zero-order chi connectivity index (χ0) is 13.5. The molecule has 102 valence electrons. The number of halogens is 3. The first kappa shape index (κ1) is 16.7. The lowest BCUT2D eigenvalue weighted by Crippen LogP contribution is -2.39. The highest BCUT2D eigenvalue weighted by Crippen LogP contribution is 2.22. The fraction of sp³-hybridized carbons (Fsp3) is 0.875. The van der Waals surface area contributed by atoms with Gasteiger partial charge in [0.15, 0.2) is 0 Å². The van der Waals surface area contributed by atoms with E-state index in [2.05, 4.69) is 20.7 Å². The van der Waals surface area contributed by atoms with Crippen LogP contribution >= 0.6 is 15.9 Å². The van der Waals surface area contributed by atoms with E-state index in [1.165, 1.54) is 0 Å². The minimum absolute atomic E-state index is 0.299. The van der Waals surface area contributed by atoms with Crippen molar-refractivity contribution in [2.45, 2.75) is 30.9 Å². The smallest absolute Gasteiger partial charge is 0.460 e. The number of carbonyl (C=O) groups is 1. The van der Waals surface area contributed by atoms with Gasteiger partial charge in [-0.05, 0) is 12.8 Å². The summed E-state index contributed by atoms with van der Waals surface area (Å²) in [5.74, 6) is -2.25. The van der Waals surface area contributed by atoms with Crippen LogP contribution in [-0.2, 0) is 19.6 Å². The molecule has 0 fully saturated rings. The second kappa shape index (κ2) is 7.22. The van der Waals surface area contributed by atoms with E-state index in [1.807, 2.05) is 0 Å². The van der Waals surface area contributed by atoms with Crippen molar-refractivity contribution < 1.29 is 31.3 Å². The summed E-state index contributed by atoms with van der Waals surface area (Å²) >= 11 is 3.21. The van der Waals surface area contributed by atoms with Crippen LogP contribution < -0.4 is 0 Å². The number of alkyl halides is 3. The average molecular weight is 339 g/mol. The summed E-state index contributed by atoms with van der Waals surface area (Å²) in [6.07, 6.45) is 2.79. The van der Waals surface area contributed by atoms with Crippen LogP contribution in [0.1, 0.15) is 25.7 Å². The van der Waals surface area contributed by atoms with Gasteiger partial charge >= 0.3 is 21.3 Å². The summed E-state index contributed by atoms with van der Waals surface area (Å²) in [7, 11) is -5.77. The van der Waals surface area contributed by atoms with E-state index in [0.717, 1.165) is 18.2 Å². The highest BCUT2D eigenvalue weighted by molar-refractivity contribution is 9.09. The van der Waals surface area contributed by atoms with E-state index < -0.39 is 21.3 Å². The van der Waals surface area contributed by atoms with Crippen LogP contribution in [0.5, 0.6) is 0 Å².